The molecule has 1 amide bonds. The molecule has 0 saturated carbocycles. The number of aryl methyl sites for hydroxylation is 2. The van der Waals surface area contributed by atoms with Crippen LogP contribution in [0.3, 0.4) is 0 Å². The number of benzene rings is 1. The number of carbonyl (C=O) groups excluding carboxylic acids is 1. The Kier molecular flexibility index (Phi) is 4.79. The Hall–Kier alpha value is -2.89. The third-order valence-corrected chi connectivity index (χ3v) is 5.23. The first-order chi connectivity index (χ1) is 13.1. The highest BCUT2D eigenvalue weighted by Gasteiger charge is 2.29. The number of amides is 1. The molecule has 3 aromatic rings. The molecule has 27 heavy (non-hydrogen) atoms. The summed E-state index contributed by atoms with van der Waals surface area (Å²) in [7, 11) is 0. The van der Waals surface area contributed by atoms with Gasteiger partial charge in [-0.25, -0.2) is 0 Å². The van der Waals surface area contributed by atoms with E-state index in [1.165, 1.54) is 0 Å². The lowest BCUT2D eigenvalue weighted by molar-refractivity contribution is 0.0721. The van der Waals surface area contributed by atoms with E-state index in [2.05, 4.69) is 23.2 Å². The van der Waals surface area contributed by atoms with E-state index in [1.54, 1.807) is 6.20 Å². The van der Waals surface area contributed by atoms with Crippen molar-refractivity contribution in [3.63, 3.8) is 0 Å². The summed E-state index contributed by atoms with van der Waals surface area (Å²) in [6.07, 6.45) is 5.81. The zero-order chi connectivity index (χ0) is 18.8. The predicted octanol–water partition coefficient (Wildman–Crippen LogP) is 3.05. The van der Waals surface area contributed by atoms with E-state index in [1.807, 2.05) is 57.7 Å². The molecular weight excluding hydrogens is 338 g/mol. The summed E-state index contributed by atoms with van der Waals surface area (Å²) >= 11 is 0. The largest absolute Gasteiger partial charge is 0.334 e. The third kappa shape index (κ3) is 3.79. The maximum Gasteiger partial charge on any atom is 0.254 e. The van der Waals surface area contributed by atoms with Gasteiger partial charge in [-0.05, 0) is 56.5 Å². The van der Waals surface area contributed by atoms with Crippen molar-refractivity contribution in [3.8, 4) is 0 Å². The van der Waals surface area contributed by atoms with E-state index in [0.29, 0.717) is 0 Å². The van der Waals surface area contributed by atoms with Crippen LogP contribution >= 0.6 is 0 Å². The van der Waals surface area contributed by atoms with Gasteiger partial charge in [-0.1, -0.05) is 12.1 Å². The van der Waals surface area contributed by atoms with Gasteiger partial charge in [0.05, 0.1) is 24.8 Å². The summed E-state index contributed by atoms with van der Waals surface area (Å²) in [5.74, 6) is 0.113. The quantitative estimate of drug-likeness (QED) is 0.700. The second-order valence-electron chi connectivity index (χ2n) is 7.30. The van der Waals surface area contributed by atoms with Gasteiger partial charge in [0.2, 0.25) is 0 Å². The molecule has 1 saturated heterocycles. The molecular formula is C21H25N5O. The minimum atomic E-state index is 0.113. The molecule has 1 aliphatic heterocycles. The molecule has 0 bridgehead atoms. The molecule has 0 spiro atoms. The number of hydrogen-bond acceptors (Lipinski definition) is 3. The van der Waals surface area contributed by atoms with E-state index in [-0.39, 0.29) is 11.9 Å². The molecule has 6 nitrogen and oxygen atoms in total. The van der Waals surface area contributed by atoms with Crippen LogP contribution in [-0.4, -0.2) is 43.0 Å². The van der Waals surface area contributed by atoms with Gasteiger partial charge in [-0.15, -0.1) is 0 Å². The van der Waals surface area contributed by atoms with Crippen LogP contribution in [0.2, 0.25) is 0 Å². The number of nitrogens with zero attached hydrogens (tertiary/aromatic N) is 5. The molecule has 6 heteroatoms. The van der Waals surface area contributed by atoms with Gasteiger partial charge < -0.3 is 4.90 Å². The maximum atomic E-state index is 13.0. The minimum absolute atomic E-state index is 0.113. The Morgan fingerprint density at radius 1 is 1.22 bits per heavy atom. The van der Waals surface area contributed by atoms with Crippen molar-refractivity contribution < 1.29 is 4.79 Å². The molecule has 1 aliphatic rings. The van der Waals surface area contributed by atoms with Crippen molar-refractivity contribution in [2.75, 3.05) is 6.54 Å². The number of rotatable bonds is 5. The van der Waals surface area contributed by atoms with Crippen molar-refractivity contribution in [2.45, 2.75) is 45.8 Å². The van der Waals surface area contributed by atoms with Crippen LogP contribution in [0.5, 0.6) is 0 Å². The normalized spacial score (nSPS) is 16.8. The van der Waals surface area contributed by atoms with E-state index >= 15 is 0 Å². The summed E-state index contributed by atoms with van der Waals surface area (Å²) < 4.78 is 3.90. The lowest BCUT2D eigenvalue weighted by Gasteiger charge is -2.25. The minimum Gasteiger partial charge on any atom is -0.334 e. The molecule has 2 aromatic heterocycles. The highest BCUT2D eigenvalue weighted by molar-refractivity contribution is 5.94. The van der Waals surface area contributed by atoms with Crippen molar-refractivity contribution in [2.24, 2.45) is 0 Å². The Morgan fingerprint density at radius 2 is 2.04 bits per heavy atom. The fourth-order valence-corrected chi connectivity index (χ4v) is 3.84. The highest BCUT2D eigenvalue weighted by Crippen LogP contribution is 2.22. The van der Waals surface area contributed by atoms with Crippen LogP contribution in [0, 0.1) is 13.8 Å². The smallest absolute Gasteiger partial charge is 0.254 e. The maximum absolute atomic E-state index is 13.0. The van der Waals surface area contributed by atoms with Gasteiger partial charge >= 0.3 is 0 Å². The molecule has 3 heterocycles. The van der Waals surface area contributed by atoms with Gasteiger partial charge in [0.15, 0.2) is 0 Å². The van der Waals surface area contributed by atoms with E-state index in [4.69, 9.17) is 0 Å². The Labute approximate surface area is 159 Å². The van der Waals surface area contributed by atoms with Gasteiger partial charge in [0, 0.05) is 30.2 Å². The second kappa shape index (κ2) is 7.39. The van der Waals surface area contributed by atoms with Gasteiger partial charge in [-0.2, -0.15) is 10.2 Å². The number of hydrogen-bond donors (Lipinski definition) is 0. The first-order valence-electron chi connectivity index (χ1n) is 9.48. The van der Waals surface area contributed by atoms with Gasteiger partial charge in [0.1, 0.15) is 0 Å². The molecule has 0 aliphatic carbocycles. The molecule has 0 unspecified atom stereocenters. The highest BCUT2D eigenvalue weighted by atomic mass is 16.2. The molecule has 0 radical (unpaired) electrons. The van der Waals surface area contributed by atoms with Crippen LogP contribution < -0.4 is 0 Å². The van der Waals surface area contributed by atoms with E-state index in [0.717, 1.165) is 55.0 Å². The first-order valence-corrected chi connectivity index (χ1v) is 9.48. The fraction of sp³-hybridized carbons (Fsp3) is 0.381. The summed E-state index contributed by atoms with van der Waals surface area (Å²) in [6, 6.07) is 12.1. The zero-order valence-corrected chi connectivity index (χ0v) is 15.9. The van der Waals surface area contributed by atoms with Crippen LogP contribution in [0.15, 0.2) is 48.8 Å². The van der Waals surface area contributed by atoms with Crippen molar-refractivity contribution in [1.29, 1.82) is 0 Å². The Bertz CT molecular complexity index is 911. The lowest BCUT2D eigenvalue weighted by atomic mass is 10.1. The molecule has 1 atom stereocenters. The van der Waals surface area contributed by atoms with E-state index < -0.39 is 0 Å². The third-order valence-electron chi connectivity index (χ3n) is 5.23. The van der Waals surface area contributed by atoms with E-state index in [9.17, 15) is 4.79 Å². The summed E-state index contributed by atoms with van der Waals surface area (Å²) in [6.45, 7) is 6.36. The van der Waals surface area contributed by atoms with Crippen LogP contribution in [0.1, 0.15) is 40.2 Å². The van der Waals surface area contributed by atoms with Crippen molar-refractivity contribution >= 4 is 5.91 Å². The fourth-order valence-electron chi connectivity index (χ4n) is 3.84. The van der Waals surface area contributed by atoms with Gasteiger partial charge in [-0.3, -0.25) is 14.2 Å². The van der Waals surface area contributed by atoms with Crippen LogP contribution in [0.25, 0.3) is 0 Å². The first kappa shape index (κ1) is 17.5. The number of likely N-dealkylation sites (tertiary alicyclic amines) is 1. The predicted molar refractivity (Wildman–Crippen MR) is 104 cm³/mol. The summed E-state index contributed by atoms with van der Waals surface area (Å²) in [4.78, 5) is 15.0. The number of carbonyl (C=O) groups is 1. The lowest BCUT2D eigenvalue weighted by Crippen LogP contribution is -2.38. The summed E-state index contributed by atoms with van der Waals surface area (Å²) in [5.41, 5.74) is 4.06. The SMILES string of the molecule is Cc1cc(C)n(Cc2ccc(C(=O)N3CCC[C@@H]3Cn3cccn3)cc2)n1. The summed E-state index contributed by atoms with van der Waals surface area (Å²) in [5, 5.41) is 8.78. The molecule has 140 valence electrons. The molecule has 1 fully saturated rings. The van der Waals surface area contributed by atoms with Crippen LogP contribution in [-0.2, 0) is 13.1 Å². The average Bonchev–Trinajstić information content (AvgIpc) is 3.39. The second-order valence-corrected chi connectivity index (χ2v) is 7.30. The monoisotopic (exact) mass is 363 g/mol. The standard InChI is InChI=1S/C21H25N5O/c1-16-13-17(2)26(23-16)14-18-6-8-19(9-7-18)21(27)25-12-3-5-20(25)15-24-11-4-10-22-24/h4,6-11,13,20H,3,5,12,14-15H2,1-2H3/t20-/m1/s1. The zero-order valence-electron chi connectivity index (χ0n) is 15.9. The Morgan fingerprint density at radius 3 is 2.70 bits per heavy atom. The molecule has 4 rings (SSSR count). The Balaban J connectivity index is 1.44. The van der Waals surface area contributed by atoms with Crippen LogP contribution in [0.4, 0.5) is 0 Å². The number of aromatic nitrogens is 4. The topological polar surface area (TPSA) is 56.0 Å². The van der Waals surface area contributed by atoms with Gasteiger partial charge in [0.25, 0.3) is 5.91 Å². The average molecular weight is 363 g/mol. The van der Waals surface area contributed by atoms with Crippen molar-refractivity contribution in [3.05, 3.63) is 71.3 Å². The molecule has 1 aromatic carbocycles. The molecule has 0 N–H and O–H groups in total. The van der Waals surface area contributed by atoms with Crippen molar-refractivity contribution in [1.82, 2.24) is 24.5 Å².